The molecular formula is C41H79N3O. The van der Waals surface area contributed by atoms with E-state index in [0.717, 1.165) is 67.5 Å². The van der Waals surface area contributed by atoms with Crippen molar-refractivity contribution in [3.05, 3.63) is 0 Å². The molecule has 0 aromatic heterocycles. The van der Waals surface area contributed by atoms with E-state index >= 15 is 0 Å². The quantitative estimate of drug-likeness (QED) is 0.124. The first-order valence-corrected chi connectivity index (χ1v) is 20.6. The fraction of sp³-hybridized carbons (Fsp3) is 1.00. The van der Waals surface area contributed by atoms with Gasteiger partial charge in [0.15, 0.2) is 0 Å². The lowest BCUT2D eigenvalue weighted by molar-refractivity contribution is -0.160. The molecule has 4 nitrogen and oxygen atoms in total. The van der Waals surface area contributed by atoms with Gasteiger partial charge in [0.1, 0.15) is 0 Å². The third-order valence-electron chi connectivity index (χ3n) is 14.6. The summed E-state index contributed by atoms with van der Waals surface area (Å²) >= 11 is 0. The highest BCUT2D eigenvalue weighted by molar-refractivity contribution is 5.11. The molecule has 4 aliphatic carbocycles. The summed E-state index contributed by atoms with van der Waals surface area (Å²) in [6.45, 7) is 19.3. The van der Waals surface area contributed by atoms with Crippen molar-refractivity contribution in [1.29, 1.82) is 0 Å². The number of fused-ring (bicyclic) bond motifs is 5. The Balaban J connectivity index is 1.41. The van der Waals surface area contributed by atoms with E-state index in [0.29, 0.717) is 16.9 Å². The van der Waals surface area contributed by atoms with Crippen molar-refractivity contribution < 1.29 is 4.74 Å². The van der Waals surface area contributed by atoms with Gasteiger partial charge in [-0.2, -0.15) is 0 Å². The summed E-state index contributed by atoms with van der Waals surface area (Å²) in [5.41, 5.74) is 12.9. The molecular weight excluding hydrogens is 550 g/mol. The van der Waals surface area contributed by atoms with E-state index in [4.69, 9.17) is 16.2 Å². The SMILES string of the molecule is CCCCCN(CCCCC)CCC[C@@H](C)C1CCC2C3C(CCC21C)C1(C)CC[C@@H](OCCCN)CC1C[C@H]3CCCCN. The van der Waals surface area contributed by atoms with E-state index in [9.17, 15) is 0 Å². The minimum Gasteiger partial charge on any atom is -0.378 e. The first-order chi connectivity index (χ1) is 21.8. The van der Waals surface area contributed by atoms with Gasteiger partial charge in [0, 0.05) is 6.61 Å². The van der Waals surface area contributed by atoms with Gasteiger partial charge < -0.3 is 21.1 Å². The average Bonchev–Trinajstić information content (AvgIpc) is 3.39. The second-order valence-corrected chi connectivity index (χ2v) is 17.3. The molecule has 4 rings (SSSR count). The van der Waals surface area contributed by atoms with Crippen LogP contribution in [-0.2, 0) is 4.74 Å². The molecule has 4 saturated carbocycles. The minimum atomic E-state index is 0.468. The van der Waals surface area contributed by atoms with Crippen LogP contribution < -0.4 is 11.5 Å². The van der Waals surface area contributed by atoms with E-state index in [-0.39, 0.29) is 0 Å². The van der Waals surface area contributed by atoms with E-state index in [2.05, 4.69) is 39.5 Å². The third-order valence-corrected chi connectivity index (χ3v) is 14.6. The molecule has 264 valence electrons. The fourth-order valence-electron chi connectivity index (χ4n) is 12.0. The van der Waals surface area contributed by atoms with Crippen molar-refractivity contribution in [3.8, 4) is 0 Å². The summed E-state index contributed by atoms with van der Waals surface area (Å²) in [5, 5.41) is 0. The van der Waals surface area contributed by atoms with Crippen LogP contribution in [0.3, 0.4) is 0 Å². The Kier molecular flexibility index (Phi) is 15.5. The summed E-state index contributed by atoms with van der Waals surface area (Å²) in [6.07, 6.45) is 27.9. The van der Waals surface area contributed by atoms with Crippen molar-refractivity contribution in [2.75, 3.05) is 39.3 Å². The molecule has 4 fully saturated rings. The second-order valence-electron chi connectivity index (χ2n) is 17.3. The molecule has 0 aromatic carbocycles. The van der Waals surface area contributed by atoms with Crippen LogP contribution in [-0.4, -0.2) is 50.3 Å². The molecule has 4 aliphatic rings. The third kappa shape index (κ3) is 9.30. The van der Waals surface area contributed by atoms with Crippen molar-refractivity contribution in [3.63, 3.8) is 0 Å². The molecule has 0 bridgehead atoms. The molecule has 0 aliphatic heterocycles. The molecule has 0 saturated heterocycles. The number of unbranched alkanes of at least 4 members (excludes halogenated alkanes) is 5. The van der Waals surface area contributed by atoms with Gasteiger partial charge in [0.2, 0.25) is 0 Å². The van der Waals surface area contributed by atoms with Crippen molar-refractivity contribution in [1.82, 2.24) is 4.90 Å². The number of rotatable bonds is 21. The largest absolute Gasteiger partial charge is 0.378 e. The molecule has 0 radical (unpaired) electrons. The average molecular weight is 630 g/mol. The van der Waals surface area contributed by atoms with Crippen molar-refractivity contribution >= 4 is 0 Å². The molecule has 4 N–H and O–H groups in total. The molecule has 7 unspecified atom stereocenters. The Bertz CT molecular complexity index is 811. The lowest BCUT2D eigenvalue weighted by Gasteiger charge is -2.63. The van der Waals surface area contributed by atoms with Gasteiger partial charge in [-0.25, -0.2) is 0 Å². The van der Waals surface area contributed by atoms with Gasteiger partial charge >= 0.3 is 0 Å². The Labute approximate surface area is 281 Å². The van der Waals surface area contributed by atoms with E-state index in [1.165, 1.54) is 142 Å². The zero-order chi connectivity index (χ0) is 32.3. The second kappa shape index (κ2) is 18.6. The highest BCUT2D eigenvalue weighted by atomic mass is 16.5. The Hall–Kier alpha value is -0.160. The van der Waals surface area contributed by atoms with E-state index < -0.39 is 0 Å². The minimum absolute atomic E-state index is 0.468. The zero-order valence-corrected chi connectivity index (χ0v) is 31.0. The lowest BCUT2D eigenvalue weighted by atomic mass is 9.42. The maximum Gasteiger partial charge on any atom is 0.0578 e. The summed E-state index contributed by atoms with van der Waals surface area (Å²) < 4.78 is 6.41. The predicted molar refractivity (Wildman–Crippen MR) is 194 cm³/mol. The van der Waals surface area contributed by atoms with Gasteiger partial charge in [-0.15, -0.1) is 0 Å². The molecule has 45 heavy (non-hydrogen) atoms. The fourth-order valence-corrected chi connectivity index (χ4v) is 12.0. The molecule has 10 atom stereocenters. The number of nitrogens with zero attached hydrogens (tertiary/aromatic N) is 1. The van der Waals surface area contributed by atoms with Crippen LogP contribution in [0, 0.1) is 52.3 Å². The van der Waals surface area contributed by atoms with Crippen molar-refractivity contribution in [2.24, 2.45) is 63.7 Å². The van der Waals surface area contributed by atoms with E-state index in [1.54, 1.807) is 0 Å². The van der Waals surface area contributed by atoms with Crippen LogP contribution in [0.5, 0.6) is 0 Å². The zero-order valence-electron chi connectivity index (χ0n) is 31.0. The molecule has 4 heteroatoms. The monoisotopic (exact) mass is 630 g/mol. The number of hydrogen-bond acceptors (Lipinski definition) is 4. The number of hydrogen-bond donors (Lipinski definition) is 2. The van der Waals surface area contributed by atoms with Crippen LogP contribution in [0.2, 0.25) is 0 Å². The van der Waals surface area contributed by atoms with Gasteiger partial charge in [0.05, 0.1) is 6.10 Å². The molecule has 0 amide bonds. The van der Waals surface area contributed by atoms with Gasteiger partial charge in [-0.1, -0.05) is 73.1 Å². The first kappa shape index (κ1) is 37.7. The Morgan fingerprint density at radius 1 is 0.733 bits per heavy atom. The van der Waals surface area contributed by atoms with Crippen LogP contribution in [0.1, 0.15) is 163 Å². The van der Waals surface area contributed by atoms with Crippen molar-refractivity contribution in [2.45, 2.75) is 169 Å². The predicted octanol–water partition coefficient (Wildman–Crippen LogP) is 9.83. The van der Waals surface area contributed by atoms with Crippen LogP contribution >= 0.6 is 0 Å². The summed E-state index contributed by atoms with van der Waals surface area (Å²) in [7, 11) is 0. The topological polar surface area (TPSA) is 64.5 Å². The Morgan fingerprint density at radius 3 is 2.09 bits per heavy atom. The highest BCUT2D eigenvalue weighted by Crippen LogP contribution is 2.70. The first-order valence-electron chi connectivity index (χ1n) is 20.6. The number of nitrogens with two attached hydrogens (primary N) is 2. The maximum absolute atomic E-state index is 6.41. The lowest BCUT2D eigenvalue weighted by Crippen LogP contribution is -2.57. The van der Waals surface area contributed by atoms with Gasteiger partial charge in [-0.05, 0) is 175 Å². The summed E-state index contributed by atoms with van der Waals surface area (Å²) in [4.78, 5) is 2.82. The van der Waals surface area contributed by atoms with Crippen LogP contribution in [0.25, 0.3) is 0 Å². The Morgan fingerprint density at radius 2 is 1.40 bits per heavy atom. The summed E-state index contributed by atoms with van der Waals surface area (Å²) in [5.74, 6) is 6.37. The van der Waals surface area contributed by atoms with Crippen LogP contribution in [0.4, 0.5) is 0 Å². The van der Waals surface area contributed by atoms with Gasteiger partial charge in [0.25, 0.3) is 0 Å². The molecule has 0 spiro atoms. The number of ether oxygens (including phenoxy) is 1. The molecule has 0 aromatic rings. The standard InChI is InChI=1S/C41H79N3O/c1-6-8-12-26-44(27-13-9-7-2)28-14-16-32(3)36-18-19-37-39-33(17-10-11-24-42)30-34-31-35(45-29-15-25-43)20-22-40(34,4)38(39)21-23-41(36,37)5/h32-39H,6-31,42-43H2,1-5H3/t32-,33-,34?,35-,36?,37?,38?,39?,40?,41?/m1/s1. The smallest absolute Gasteiger partial charge is 0.0578 e. The normalized spacial score (nSPS) is 36.9. The molecule has 0 heterocycles. The van der Waals surface area contributed by atoms with E-state index in [1.807, 2.05) is 0 Å². The van der Waals surface area contributed by atoms with Gasteiger partial charge in [-0.3, -0.25) is 0 Å². The van der Waals surface area contributed by atoms with Crippen LogP contribution in [0.15, 0.2) is 0 Å². The maximum atomic E-state index is 6.41. The summed E-state index contributed by atoms with van der Waals surface area (Å²) in [6, 6.07) is 0. The highest BCUT2D eigenvalue weighted by Gasteiger charge is 2.62.